The molecule has 4 rings (SSSR count). The molecule has 3 heterocycles. The number of anilines is 2. The molecular formula is C20H22ClN5OS. The van der Waals surface area contributed by atoms with Crippen molar-refractivity contribution in [3.05, 3.63) is 46.1 Å². The Bertz CT molecular complexity index is 996. The summed E-state index contributed by atoms with van der Waals surface area (Å²) in [7, 11) is 0. The summed E-state index contributed by atoms with van der Waals surface area (Å²) in [5.41, 5.74) is 0.746. The molecule has 8 heteroatoms. The summed E-state index contributed by atoms with van der Waals surface area (Å²) in [6.07, 6.45) is 0.998. The molecule has 0 saturated carbocycles. The Kier molecular flexibility index (Phi) is 5.37. The standard InChI is InChI=1S/C20H22ClN5OS/c1-3-16-12-17-18(22-13(2)23-19(17)28-16)25-8-10-26(11-9-25)20(27)24-15-6-4-14(21)5-7-15/h4-7,12H,3,8-11H2,1-2H3,(H,24,27). The molecule has 0 spiro atoms. The van der Waals surface area contributed by atoms with Crippen LogP contribution in [0.1, 0.15) is 17.6 Å². The number of fused-ring (bicyclic) bond motifs is 1. The molecule has 1 N–H and O–H groups in total. The second-order valence-corrected chi connectivity index (χ2v) is 8.34. The Labute approximate surface area is 173 Å². The van der Waals surface area contributed by atoms with Crippen LogP contribution in [0.3, 0.4) is 0 Å². The summed E-state index contributed by atoms with van der Waals surface area (Å²) < 4.78 is 0. The quantitative estimate of drug-likeness (QED) is 0.680. The first-order chi connectivity index (χ1) is 13.5. The fourth-order valence-corrected chi connectivity index (χ4v) is 4.47. The maximum atomic E-state index is 12.5. The lowest BCUT2D eigenvalue weighted by molar-refractivity contribution is 0.208. The topological polar surface area (TPSA) is 61.4 Å². The van der Waals surface area contributed by atoms with E-state index >= 15 is 0 Å². The van der Waals surface area contributed by atoms with Crippen LogP contribution in [0, 0.1) is 6.92 Å². The number of aryl methyl sites for hydroxylation is 2. The highest BCUT2D eigenvalue weighted by Crippen LogP contribution is 2.31. The summed E-state index contributed by atoms with van der Waals surface area (Å²) in [4.78, 5) is 28.3. The molecule has 6 nitrogen and oxygen atoms in total. The van der Waals surface area contributed by atoms with Gasteiger partial charge in [0.1, 0.15) is 16.5 Å². The third kappa shape index (κ3) is 3.91. The van der Waals surface area contributed by atoms with E-state index in [0.717, 1.165) is 47.1 Å². The van der Waals surface area contributed by atoms with Crippen molar-refractivity contribution in [3.8, 4) is 0 Å². The van der Waals surface area contributed by atoms with Crippen LogP contribution in [-0.4, -0.2) is 47.1 Å². The van der Waals surface area contributed by atoms with E-state index in [2.05, 4.69) is 28.2 Å². The predicted molar refractivity (Wildman–Crippen MR) is 116 cm³/mol. The highest BCUT2D eigenvalue weighted by atomic mass is 35.5. The summed E-state index contributed by atoms with van der Waals surface area (Å²) in [5.74, 6) is 1.77. The van der Waals surface area contributed by atoms with Crippen molar-refractivity contribution in [3.63, 3.8) is 0 Å². The average Bonchev–Trinajstić information content (AvgIpc) is 3.12. The van der Waals surface area contributed by atoms with E-state index in [1.807, 2.05) is 11.8 Å². The largest absolute Gasteiger partial charge is 0.352 e. The molecule has 0 unspecified atom stereocenters. The maximum Gasteiger partial charge on any atom is 0.321 e. The average molecular weight is 416 g/mol. The van der Waals surface area contributed by atoms with Gasteiger partial charge in [0.2, 0.25) is 0 Å². The van der Waals surface area contributed by atoms with Gasteiger partial charge in [-0.15, -0.1) is 11.3 Å². The van der Waals surface area contributed by atoms with Gasteiger partial charge in [-0.25, -0.2) is 14.8 Å². The van der Waals surface area contributed by atoms with Gasteiger partial charge in [-0.2, -0.15) is 0 Å². The molecule has 146 valence electrons. The molecule has 2 amide bonds. The van der Waals surface area contributed by atoms with Gasteiger partial charge in [0.15, 0.2) is 0 Å². The van der Waals surface area contributed by atoms with Gasteiger partial charge >= 0.3 is 6.03 Å². The number of nitrogens with one attached hydrogen (secondary N) is 1. The number of piperazine rings is 1. The highest BCUT2D eigenvalue weighted by Gasteiger charge is 2.24. The second kappa shape index (κ2) is 7.93. The molecule has 1 fully saturated rings. The minimum absolute atomic E-state index is 0.0882. The first-order valence-electron chi connectivity index (χ1n) is 9.37. The number of amides is 2. The van der Waals surface area contributed by atoms with E-state index < -0.39 is 0 Å². The van der Waals surface area contributed by atoms with Crippen LogP contribution >= 0.6 is 22.9 Å². The van der Waals surface area contributed by atoms with Crippen LogP contribution in [0.25, 0.3) is 10.2 Å². The Morgan fingerprint density at radius 1 is 1.18 bits per heavy atom. The Hall–Kier alpha value is -2.38. The second-order valence-electron chi connectivity index (χ2n) is 6.79. The number of carbonyl (C=O) groups is 1. The van der Waals surface area contributed by atoms with Crippen LogP contribution in [0.2, 0.25) is 5.02 Å². The fraction of sp³-hybridized carbons (Fsp3) is 0.350. The molecule has 1 aliphatic rings. The Balaban J connectivity index is 1.45. The smallest absolute Gasteiger partial charge is 0.321 e. The minimum Gasteiger partial charge on any atom is -0.352 e. The van der Waals surface area contributed by atoms with Gasteiger partial charge in [-0.3, -0.25) is 0 Å². The SMILES string of the molecule is CCc1cc2c(N3CCN(C(=O)Nc4ccc(Cl)cc4)CC3)nc(C)nc2s1. The van der Waals surface area contributed by atoms with E-state index in [4.69, 9.17) is 16.6 Å². The van der Waals surface area contributed by atoms with Crippen molar-refractivity contribution in [2.24, 2.45) is 0 Å². The number of halogens is 1. The number of urea groups is 1. The molecule has 0 aliphatic carbocycles. The zero-order chi connectivity index (χ0) is 19.7. The van der Waals surface area contributed by atoms with Crippen LogP contribution in [0.15, 0.2) is 30.3 Å². The number of aromatic nitrogens is 2. The highest BCUT2D eigenvalue weighted by molar-refractivity contribution is 7.18. The van der Waals surface area contributed by atoms with Crippen LogP contribution in [-0.2, 0) is 6.42 Å². The molecule has 3 aromatic rings. The minimum atomic E-state index is -0.0882. The zero-order valence-electron chi connectivity index (χ0n) is 15.9. The van der Waals surface area contributed by atoms with E-state index in [9.17, 15) is 4.79 Å². The van der Waals surface area contributed by atoms with Crippen molar-refractivity contribution in [1.29, 1.82) is 0 Å². The Morgan fingerprint density at radius 2 is 1.89 bits per heavy atom. The van der Waals surface area contributed by atoms with Crippen molar-refractivity contribution in [2.45, 2.75) is 20.3 Å². The van der Waals surface area contributed by atoms with E-state index in [1.54, 1.807) is 35.6 Å². The monoisotopic (exact) mass is 415 g/mol. The summed E-state index contributed by atoms with van der Waals surface area (Å²) in [5, 5.41) is 4.70. The molecule has 28 heavy (non-hydrogen) atoms. The summed E-state index contributed by atoms with van der Waals surface area (Å²) >= 11 is 7.63. The summed E-state index contributed by atoms with van der Waals surface area (Å²) in [6.45, 7) is 6.88. The lowest BCUT2D eigenvalue weighted by Crippen LogP contribution is -2.50. The van der Waals surface area contributed by atoms with Gasteiger partial charge in [0.25, 0.3) is 0 Å². The number of thiophene rings is 1. The number of hydrogen-bond acceptors (Lipinski definition) is 5. The van der Waals surface area contributed by atoms with E-state index in [1.165, 1.54) is 4.88 Å². The van der Waals surface area contributed by atoms with Crippen LogP contribution in [0.5, 0.6) is 0 Å². The molecule has 1 aliphatic heterocycles. The first kappa shape index (κ1) is 19.0. The number of nitrogens with zero attached hydrogens (tertiary/aromatic N) is 4. The van der Waals surface area contributed by atoms with Gasteiger partial charge in [-0.05, 0) is 43.7 Å². The van der Waals surface area contributed by atoms with Gasteiger partial charge < -0.3 is 15.1 Å². The predicted octanol–water partition coefficient (Wildman–Crippen LogP) is 4.57. The normalized spacial score (nSPS) is 14.5. The molecule has 0 bridgehead atoms. The van der Waals surface area contributed by atoms with Crippen LogP contribution < -0.4 is 10.2 Å². The number of benzene rings is 1. The van der Waals surface area contributed by atoms with Crippen molar-refractivity contribution in [2.75, 3.05) is 36.4 Å². The molecule has 0 atom stereocenters. The Morgan fingerprint density at radius 3 is 2.57 bits per heavy atom. The van der Waals surface area contributed by atoms with Crippen molar-refractivity contribution < 1.29 is 4.79 Å². The number of rotatable bonds is 3. The van der Waals surface area contributed by atoms with E-state index in [-0.39, 0.29) is 6.03 Å². The van der Waals surface area contributed by atoms with Gasteiger partial charge in [0.05, 0.1) is 5.39 Å². The zero-order valence-corrected chi connectivity index (χ0v) is 17.5. The van der Waals surface area contributed by atoms with Crippen molar-refractivity contribution in [1.82, 2.24) is 14.9 Å². The lowest BCUT2D eigenvalue weighted by Gasteiger charge is -2.35. The summed E-state index contributed by atoms with van der Waals surface area (Å²) in [6, 6.07) is 9.26. The van der Waals surface area contributed by atoms with Gasteiger partial charge in [0, 0.05) is 41.8 Å². The van der Waals surface area contributed by atoms with E-state index in [0.29, 0.717) is 18.1 Å². The van der Waals surface area contributed by atoms with Crippen LogP contribution in [0.4, 0.5) is 16.3 Å². The fourth-order valence-electron chi connectivity index (χ4n) is 3.33. The molecule has 1 saturated heterocycles. The van der Waals surface area contributed by atoms with Gasteiger partial charge in [-0.1, -0.05) is 18.5 Å². The third-order valence-electron chi connectivity index (χ3n) is 4.85. The number of hydrogen-bond donors (Lipinski definition) is 1. The third-order valence-corrected chi connectivity index (χ3v) is 6.27. The molecule has 2 aromatic heterocycles. The first-order valence-corrected chi connectivity index (χ1v) is 10.6. The lowest BCUT2D eigenvalue weighted by atomic mass is 10.2. The van der Waals surface area contributed by atoms with Crippen molar-refractivity contribution >= 4 is 50.7 Å². The molecular weight excluding hydrogens is 394 g/mol. The molecule has 1 aromatic carbocycles. The molecule has 0 radical (unpaired) electrons. The number of carbonyl (C=O) groups excluding carboxylic acids is 1. The maximum absolute atomic E-state index is 12.5.